The molecule has 0 bridgehead atoms. The molecule has 3 N–H and O–H groups in total. The van der Waals surface area contributed by atoms with Crippen molar-refractivity contribution in [3.05, 3.63) is 35.4 Å². The van der Waals surface area contributed by atoms with E-state index in [9.17, 15) is 4.79 Å². The molecule has 1 rings (SSSR count). The number of amides is 1. The average molecular weight is 235 g/mol. The molecule has 94 valence electrons. The van der Waals surface area contributed by atoms with Crippen LogP contribution >= 0.6 is 0 Å². The first kappa shape index (κ1) is 13.7. The van der Waals surface area contributed by atoms with Crippen LogP contribution in [-0.4, -0.2) is 24.4 Å². The predicted molar refractivity (Wildman–Crippen MR) is 69.1 cm³/mol. The van der Waals surface area contributed by atoms with E-state index >= 15 is 0 Å². The van der Waals surface area contributed by atoms with Crippen molar-refractivity contribution in [2.24, 2.45) is 5.84 Å². The molecule has 17 heavy (non-hydrogen) atoms. The van der Waals surface area contributed by atoms with E-state index in [1.807, 2.05) is 0 Å². The SMILES string of the molecule is Cc1ccc(CN(C)CCCC(=O)NN)cc1. The number of nitrogens with two attached hydrogens (primary N) is 1. The summed E-state index contributed by atoms with van der Waals surface area (Å²) in [4.78, 5) is 13.1. The third kappa shape index (κ3) is 5.47. The van der Waals surface area contributed by atoms with Crippen LogP contribution in [0, 0.1) is 6.92 Å². The third-order valence-corrected chi connectivity index (χ3v) is 2.68. The van der Waals surface area contributed by atoms with Crippen molar-refractivity contribution in [2.45, 2.75) is 26.3 Å². The van der Waals surface area contributed by atoms with Crippen LogP contribution in [0.2, 0.25) is 0 Å². The van der Waals surface area contributed by atoms with Crippen LogP contribution in [0.5, 0.6) is 0 Å². The molecule has 1 amide bonds. The summed E-state index contributed by atoms with van der Waals surface area (Å²) in [5.74, 6) is 4.91. The van der Waals surface area contributed by atoms with Crippen LogP contribution < -0.4 is 11.3 Å². The second-order valence-electron chi connectivity index (χ2n) is 4.39. The third-order valence-electron chi connectivity index (χ3n) is 2.68. The fourth-order valence-corrected chi connectivity index (χ4v) is 1.67. The highest BCUT2D eigenvalue weighted by molar-refractivity contribution is 5.75. The molecule has 0 aliphatic carbocycles. The highest BCUT2D eigenvalue weighted by atomic mass is 16.2. The lowest BCUT2D eigenvalue weighted by molar-refractivity contribution is -0.121. The number of hydrogen-bond acceptors (Lipinski definition) is 3. The van der Waals surface area contributed by atoms with Crippen molar-refractivity contribution in [3.8, 4) is 0 Å². The Hall–Kier alpha value is -1.39. The minimum Gasteiger partial charge on any atom is -0.302 e. The van der Waals surface area contributed by atoms with E-state index in [0.717, 1.165) is 19.5 Å². The molecule has 4 nitrogen and oxygen atoms in total. The van der Waals surface area contributed by atoms with Crippen molar-refractivity contribution < 1.29 is 4.79 Å². The number of nitrogens with zero attached hydrogens (tertiary/aromatic N) is 1. The van der Waals surface area contributed by atoms with Crippen LogP contribution in [0.15, 0.2) is 24.3 Å². The van der Waals surface area contributed by atoms with Gasteiger partial charge in [0, 0.05) is 13.0 Å². The molecular weight excluding hydrogens is 214 g/mol. The number of aryl methyl sites for hydroxylation is 1. The lowest BCUT2D eigenvalue weighted by atomic mass is 10.1. The number of hydrazine groups is 1. The van der Waals surface area contributed by atoms with Crippen molar-refractivity contribution in [2.75, 3.05) is 13.6 Å². The van der Waals surface area contributed by atoms with Crippen LogP contribution in [-0.2, 0) is 11.3 Å². The van der Waals surface area contributed by atoms with E-state index in [1.165, 1.54) is 11.1 Å². The Balaban J connectivity index is 2.27. The van der Waals surface area contributed by atoms with Gasteiger partial charge in [0.2, 0.25) is 5.91 Å². The zero-order chi connectivity index (χ0) is 12.7. The number of carbonyl (C=O) groups excluding carboxylic acids is 1. The Morgan fingerprint density at radius 3 is 2.59 bits per heavy atom. The predicted octanol–water partition coefficient (Wildman–Crippen LogP) is 1.20. The summed E-state index contributed by atoms with van der Waals surface area (Å²) in [6.45, 7) is 3.88. The Morgan fingerprint density at radius 1 is 1.35 bits per heavy atom. The van der Waals surface area contributed by atoms with Crippen LogP contribution in [0.25, 0.3) is 0 Å². The summed E-state index contributed by atoms with van der Waals surface area (Å²) in [5, 5.41) is 0. The standard InChI is InChI=1S/C13H21N3O/c1-11-5-7-12(8-6-11)10-16(2)9-3-4-13(17)15-14/h5-8H,3-4,9-10,14H2,1-2H3,(H,15,17). The Kier molecular flexibility index (Phi) is 5.66. The van der Waals surface area contributed by atoms with Gasteiger partial charge in [0.15, 0.2) is 0 Å². The molecule has 0 aliphatic rings. The largest absolute Gasteiger partial charge is 0.302 e. The average Bonchev–Trinajstić information content (AvgIpc) is 2.32. The molecule has 0 saturated carbocycles. The molecule has 0 aromatic heterocycles. The second kappa shape index (κ2) is 7.04. The van der Waals surface area contributed by atoms with Gasteiger partial charge in [-0.3, -0.25) is 10.2 Å². The number of benzene rings is 1. The quantitative estimate of drug-likeness (QED) is 0.442. The van der Waals surface area contributed by atoms with E-state index in [1.54, 1.807) is 0 Å². The molecule has 0 unspecified atom stereocenters. The summed E-state index contributed by atoms with van der Waals surface area (Å²) in [5.41, 5.74) is 4.70. The van der Waals surface area contributed by atoms with Gasteiger partial charge in [-0.1, -0.05) is 29.8 Å². The molecule has 0 atom stereocenters. The summed E-state index contributed by atoms with van der Waals surface area (Å²) in [7, 11) is 2.06. The monoisotopic (exact) mass is 235 g/mol. The number of carbonyl (C=O) groups is 1. The first-order valence-electron chi connectivity index (χ1n) is 5.85. The van der Waals surface area contributed by atoms with E-state index < -0.39 is 0 Å². The molecule has 0 aliphatic heterocycles. The van der Waals surface area contributed by atoms with E-state index in [2.05, 4.69) is 48.6 Å². The Morgan fingerprint density at radius 2 is 2.00 bits per heavy atom. The zero-order valence-electron chi connectivity index (χ0n) is 10.6. The summed E-state index contributed by atoms with van der Waals surface area (Å²) in [6.07, 6.45) is 1.31. The van der Waals surface area contributed by atoms with Gasteiger partial charge in [-0.15, -0.1) is 0 Å². The van der Waals surface area contributed by atoms with Crippen molar-refractivity contribution in [1.29, 1.82) is 0 Å². The van der Waals surface area contributed by atoms with Gasteiger partial charge >= 0.3 is 0 Å². The van der Waals surface area contributed by atoms with Crippen molar-refractivity contribution in [3.63, 3.8) is 0 Å². The molecule has 0 heterocycles. The first-order chi connectivity index (χ1) is 8.11. The van der Waals surface area contributed by atoms with Gasteiger partial charge in [-0.2, -0.15) is 0 Å². The van der Waals surface area contributed by atoms with Crippen molar-refractivity contribution in [1.82, 2.24) is 10.3 Å². The Labute approximate surface area is 103 Å². The summed E-state index contributed by atoms with van der Waals surface area (Å²) in [6, 6.07) is 8.51. The highest BCUT2D eigenvalue weighted by Crippen LogP contribution is 2.06. The molecule has 0 radical (unpaired) electrons. The molecule has 0 saturated heterocycles. The molecule has 0 spiro atoms. The van der Waals surface area contributed by atoms with Gasteiger partial charge in [-0.05, 0) is 32.5 Å². The van der Waals surface area contributed by atoms with E-state index in [-0.39, 0.29) is 5.91 Å². The normalized spacial score (nSPS) is 10.6. The van der Waals surface area contributed by atoms with Crippen molar-refractivity contribution >= 4 is 5.91 Å². The zero-order valence-corrected chi connectivity index (χ0v) is 10.6. The maximum Gasteiger partial charge on any atom is 0.233 e. The number of rotatable bonds is 6. The van der Waals surface area contributed by atoms with Gasteiger partial charge in [0.25, 0.3) is 0 Å². The molecule has 1 aromatic carbocycles. The van der Waals surface area contributed by atoms with Gasteiger partial charge < -0.3 is 4.90 Å². The summed E-state index contributed by atoms with van der Waals surface area (Å²) < 4.78 is 0. The molecule has 1 aromatic rings. The molecular formula is C13H21N3O. The van der Waals surface area contributed by atoms with Gasteiger partial charge in [-0.25, -0.2) is 5.84 Å². The van der Waals surface area contributed by atoms with Crippen LogP contribution in [0.4, 0.5) is 0 Å². The lowest BCUT2D eigenvalue weighted by Crippen LogP contribution is -2.30. The molecule has 0 fully saturated rings. The smallest absolute Gasteiger partial charge is 0.233 e. The topological polar surface area (TPSA) is 58.4 Å². The van der Waals surface area contributed by atoms with Gasteiger partial charge in [0.1, 0.15) is 0 Å². The maximum atomic E-state index is 10.9. The number of nitrogens with one attached hydrogen (secondary N) is 1. The Bertz CT molecular complexity index is 348. The molecule has 4 heteroatoms. The van der Waals surface area contributed by atoms with Gasteiger partial charge in [0.05, 0.1) is 0 Å². The minimum absolute atomic E-state index is 0.103. The number of hydrogen-bond donors (Lipinski definition) is 2. The lowest BCUT2D eigenvalue weighted by Gasteiger charge is -2.16. The van der Waals surface area contributed by atoms with Crippen LogP contribution in [0.1, 0.15) is 24.0 Å². The minimum atomic E-state index is -0.103. The fraction of sp³-hybridized carbons (Fsp3) is 0.462. The highest BCUT2D eigenvalue weighted by Gasteiger charge is 2.02. The maximum absolute atomic E-state index is 10.9. The summed E-state index contributed by atoms with van der Waals surface area (Å²) >= 11 is 0. The first-order valence-corrected chi connectivity index (χ1v) is 5.85. The fourth-order valence-electron chi connectivity index (χ4n) is 1.67. The van der Waals surface area contributed by atoms with Crippen LogP contribution in [0.3, 0.4) is 0 Å². The van der Waals surface area contributed by atoms with E-state index in [4.69, 9.17) is 5.84 Å². The van der Waals surface area contributed by atoms with E-state index in [0.29, 0.717) is 6.42 Å². The second-order valence-corrected chi connectivity index (χ2v) is 4.39.